The smallest absolute Gasteiger partial charge is 0.0191 e. The van der Waals surface area contributed by atoms with Gasteiger partial charge in [-0.05, 0) is 36.5 Å². The molecule has 0 spiro atoms. The molecule has 0 bridgehead atoms. The van der Waals surface area contributed by atoms with Gasteiger partial charge in [0.25, 0.3) is 0 Å². The van der Waals surface area contributed by atoms with E-state index in [-0.39, 0.29) is 0 Å². The second-order valence-corrected chi connectivity index (χ2v) is 3.14. The lowest BCUT2D eigenvalue weighted by Crippen LogP contribution is -1.93. The Hall–Kier alpha value is -1.30. The third-order valence-electron chi connectivity index (χ3n) is 2.22. The minimum absolute atomic E-state index is 1.13. The lowest BCUT2D eigenvalue weighted by molar-refractivity contribution is 0.996. The topological polar surface area (TPSA) is 0 Å². The SMILES string of the molecule is C=C/C=C(\C=C)C1=CCCC=C1C. The van der Waals surface area contributed by atoms with Gasteiger partial charge in [0.1, 0.15) is 0 Å². The Balaban J connectivity index is 2.98. The molecule has 68 valence electrons. The Morgan fingerprint density at radius 1 is 1.31 bits per heavy atom. The van der Waals surface area contributed by atoms with Crippen LogP contribution in [0, 0.1) is 0 Å². The van der Waals surface area contributed by atoms with Crippen LogP contribution < -0.4 is 0 Å². The summed E-state index contributed by atoms with van der Waals surface area (Å²) in [5.74, 6) is 0. The Bertz CT molecular complexity index is 298. The second-order valence-electron chi connectivity index (χ2n) is 3.14. The minimum Gasteiger partial charge on any atom is -0.0990 e. The van der Waals surface area contributed by atoms with Crippen LogP contribution >= 0.6 is 0 Å². The van der Waals surface area contributed by atoms with Gasteiger partial charge in [0.2, 0.25) is 0 Å². The Labute approximate surface area is 80.7 Å². The zero-order valence-electron chi connectivity index (χ0n) is 8.22. The number of rotatable bonds is 3. The maximum atomic E-state index is 3.81. The molecule has 0 aromatic carbocycles. The van der Waals surface area contributed by atoms with E-state index in [9.17, 15) is 0 Å². The van der Waals surface area contributed by atoms with Crippen molar-refractivity contribution < 1.29 is 0 Å². The second kappa shape index (κ2) is 4.66. The van der Waals surface area contributed by atoms with Crippen LogP contribution in [0.5, 0.6) is 0 Å². The maximum Gasteiger partial charge on any atom is -0.0191 e. The summed E-state index contributed by atoms with van der Waals surface area (Å²) in [4.78, 5) is 0. The molecule has 0 N–H and O–H groups in total. The Morgan fingerprint density at radius 3 is 2.54 bits per heavy atom. The molecule has 0 heteroatoms. The van der Waals surface area contributed by atoms with Gasteiger partial charge in [-0.2, -0.15) is 0 Å². The zero-order valence-corrected chi connectivity index (χ0v) is 8.22. The highest BCUT2D eigenvalue weighted by Gasteiger charge is 2.06. The summed E-state index contributed by atoms with van der Waals surface area (Å²) in [6, 6.07) is 0. The summed E-state index contributed by atoms with van der Waals surface area (Å²) < 4.78 is 0. The highest BCUT2D eigenvalue weighted by molar-refractivity contribution is 5.52. The molecule has 0 aliphatic heterocycles. The first-order valence-corrected chi connectivity index (χ1v) is 4.62. The van der Waals surface area contributed by atoms with Crippen molar-refractivity contribution in [2.45, 2.75) is 19.8 Å². The third kappa shape index (κ3) is 2.32. The summed E-state index contributed by atoms with van der Waals surface area (Å²) in [6.45, 7) is 9.65. The van der Waals surface area contributed by atoms with Crippen LogP contribution in [-0.2, 0) is 0 Å². The zero-order chi connectivity index (χ0) is 9.68. The normalized spacial score (nSPS) is 17.5. The highest BCUT2D eigenvalue weighted by Crippen LogP contribution is 2.25. The lowest BCUT2D eigenvalue weighted by Gasteiger charge is -2.13. The van der Waals surface area contributed by atoms with Crippen molar-refractivity contribution in [3.63, 3.8) is 0 Å². The van der Waals surface area contributed by atoms with E-state index in [0.717, 1.165) is 12.8 Å². The van der Waals surface area contributed by atoms with Crippen LogP contribution in [0.4, 0.5) is 0 Å². The number of hydrogen-bond acceptors (Lipinski definition) is 0. The number of hydrogen-bond donors (Lipinski definition) is 0. The first-order valence-electron chi connectivity index (χ1n) is 4.62. The predicted molar refractivity (Wildman–Crippen MR) is 59.6 cm³/mol. The van der Waals surface area contributed by atoms with E-state index in [1.807, 2.05) is 12.2 Å². The maximum absolute atomic E-state index is 3.81. The molecule has 0 saturated carbocycles. The van der Waals surface area contributed by atoms with Crippen molar-refractivity contribution in [3.8, 4) is 0 Å². The molecular weight excluding hydrogens is 156 g/mol. The molecule has 13 heavy (non-hydrogen) atoms. The molecule has 0 aromatic rings. The van der Waals surface area contributed by atoms with Crippen molar-refractivity contribution in [2.75, 3.05) is 0 Å². The van der Waals surface area contributed by atoms with E-state index in [2.05, 4.69) is 32.2 Å². The first kappa shape index (κ1) is 9.79. The van der Waals surface area contributed by atoms with Crippen LogP contribution in [-0.4, -0.2) is 0 Å². The average Bonchev–Trinajstić information content (AvgIpc) is 2.16. The van der Waals surface area contributed by atoms with E-state index < -0.39 is 0 Å². The fourth-order valence-electron chi connectivity index (χ4n) is 1.54. The van der Waals surface area contributed by atoms with Gasteiger partial charge in [0.15, 0.2) is 0 Å². The van der Waals surface area contributed by atoms with E-state index in [1.54, 1.807) is 6.08 Å². The lowest BCUT2D eigenvalue weighted by atomic mass is 9.92. The summed E-state index contributed by atoms with van der Waals surface area (Å²) in [5.41, 5.74) is 3.82. The molecule has 1 aliphatic rings. The van der Waals surface area contributed by atoms with Crippen LogP contribution in [0.2, 0.25) is 0 Å². The quantitative estimate of drug-likeness (QED) is 0.565. The fraction of sp³-hybridized carbons (Fsp3) is 0.231. The van der Waals surface area contributed by atoms with E-state index in [0.29, 0.717) is 0 Å². The van der Waals surface area contributed by atoms with Gasteiger partial charge >= 0.3 is 0 Å². The van der Waals surface area contributed by atoms with Crippen LogP contribution in [0.1, 0.15) is 19.8 Å². The van der Waals surface area contributed by atoms with E-state index in [4.69, 9.17) is 0 Å². The summed E-state index contributed by atoms with van der Waals surface area (Å²) in [6.07, 6.45) is 12.5. The number of allylic oxidation sites excluding steroid dienone is 8. The molecule has 1 rings (SSSR count). The van der Waals surface area contributed by atoms with Gasteiger partial charge in [0.05, 0.1) is 0 Å². The molecule has 0 nitrogen and oxygen atoms in total. The molecule has 1 aliphatic carbocycles. The molecule has 0 fully saturated rings. The van der Waals surface area contributed by atoms with Gasteiger partial charge in [-0.3, -0.25) is 0 Å². The molecule has 0 radical (unpaired) electrons. The van der Waals surface area contributed by atoms with E-state index >= 15 is 0 Å². The first-order chi connectivity index (χ1) is 6.29. The highest BCUT2D eigenvalue weighted by atomic mass is 14.1. The Kier molecular flexibility index (Phi) is 3.51. The van der Waals surface area contributed by atoms with Crippen LogP contribution in [0.25, 0.3) is 0 Å². The van der Waals surface area contributed by atoms with Gasteiger partial charge in [-0.15, -0.1) is 0 Å². The van der Waals surface area contributed by atoms with Gasteiger partial charge in [-0.25, -0.2) is 0 Å². The van der Waals surface area contributed by atoms with Gasteiger partial charge < -0.3 is 0 Å². The molecule has 0 amide bonds. The standard InChI is InChI=1S/C13H16/c1-4-8-12(5-2)13-10-7-6-9-11(13)3/h4-5,8-10H,1-2,6-7H2,3H3/b12-8+. The van der Waals surface area contributed by atoms with Crippen molar-refractivity contribution in [1.82, 2.24) is 0 Å². The third-order valence-corrected chi connectivity index (χ3v) is 2.22. The van der Waals surface area contributed by atoms with Crippen LogP contribution in [0.3, 0.4) is 0 Å². The summed E-state index contributed by atoms with van der Waals surface area (Å²) in [7, 11) is 0. The molecule has 0 aromatic heterocycles. The molecule has 0 atom stereocenters. The monoisotopic (exact) mass is 172 g/mol. The van der Waals surface area contributed by atoms with Crippen molar-refractivity contribution in [3.05, 3.63) is 60.3 Å². The van der Waals surface area contributed by atoms with Crippen molar-refractivity contribution in [2.24, 2.45) is 0 Å². The van der Waals surface area contributed by atoms with E-state index in [1.165, 1.54) is 16.7 Å². The average molecular weight is 172 g/mol. The largest absolute Gasteiger partial charge is 0.0990 e. The summed E-state index contributed by atoms with van der Waals surface area (Å²) in [5, 5.41) is 0. The van der Waals surface area contributed by atoms with Crippen LogP contribution in [0.15, 0.2) is 60.3 Å². The Morgan fingerprint density at radius 2 is 2.00 bits per heavy atom. The summed E-state index contributed by atoms with van der Waals surface area (Å²) >= 11 is 0. The predicted octanol–water partition coefficient (Wildman–Crippen LogP) is 3.95. The van der Waals surface area contributed by atoms with Crippen molar-refractivity contribution in [1.29, 1.82) is 0 Å². The van der Waals surface area contributed by atoms with Crippen molar-refractivity contribution >= 4 is 0 Å². The molecule has 0 saturated heterocycles. The molecular formula is C13H16. The molecule has 0 heterocycles. The minimum atomic E-state index is 1.13. The fourth-order valence-corrected chi connectivity index (χ4v) is 1.54. The molecule has 0 unspecified atom stereocenters. The van der Waals surface area contributed by atoms with Gasteiger partial charge in [-0.1, -0.05) is 43.5 Å². The van der Waals surface area contributed by atoms with Gasteiger partial charge in [0, 0.05) is 0 Å².